The molecule has 6 amide bonds. The minimum atomic E-state index is -0.700. The van der Waals surface area contributed by atoms with E-state index in [1.165, 1.54) is 34.0 Å². The van der Waals surface area contributed by atoms with Gasteiger partial charge < -0.3 is 74.5 Å². The molecule has 3 aliphatic rings. The Kier molecular flexibility index (Phi) is 50.6. The van der Waals surface area contributed by atoms with Gasteiger partial charge in [-0.15, -0.1) is 34.0 Å². The average molecular weight is 2060 g/mol. The van der Waals surface area contributed by atoms with Crippen LogP contribution in [0.5, 0.6) is 0 Å². The number of nitrogens with zero attached hydrogens (tertiary/aromatic N) is 6. The number of Topliss-reactive ketones (excluding diaryl/α,β-unsaturated/α-hetero) is 3. The summed E-state index contributed by atoms with van der Waals surface area (Å²) in [7, 11) is 0. The molecular weight excluding hydrogens is 1910 g/mol. The molecule has 7 aromatic carbocycles. The fourth-order valence-electron chi connectivity index (χ4n) is 17.7. The van der Waals surface area contributed by atoms with Gasteiger partial charge in [-0.05, 0) is 188 Å². The number of hydrogen-bond donors (Lipinski definition) is 6. The Hall–Kier alpha value is -12.2. The van der Waals surface area contributed by atoms with Crippen LogP contribution in [0, 0.1) is 17.8 Å². The first kappa shape index (κ1) is 114. The summed E-state index contributed by atoms with van der Waals surface area (Å²) >= 11 is 4.31. The molecule has 0 unspecified atom stereocenters. The van der Waals surface area contributed by atoms with Crippen molar-refractivity contribution in [3.63, 3.8) is 0 Å². The number of nitrogens with one attached hydrogen (secondary N) is 6. The van der Waals surface area contributed by atoms with E-state index in [9.17, 15) is 43.2 Å². The lowest BCUT2D eigenvalue weighted by Gasteiger charge is -2.29. The van der Waals surface area contributed by atoms with Crippen molar-refractivity contribution >= 4 is 87.9 Å². The molecule has 13 rings (SSSR count). The molecule has 3 saturated heterocycles. The zero-order chi connectivity index (χ0) is 103. The lowest BCUT2D eigenvalue weighted by atomic mass is 9.86. The highest BCUT2D eigenvalue weighted by Gasteiger charge is 2.33. The number of ketones is 3. The van der Waals surface area contributed by atoms with Gasteiger partial charge in [-0.1, -0.05) is 212 Å². The van der Waals surface area contributed by atoms with Crippen LogP contribution in [0.15, 0.2) is 247 Å². The maximum atomic E-state index is 14.1. The number of rotatable bonds is 54. The van der Waals surface area contributed by atoms with Gasteiger partial charge in [0, 0.05) is 115 Å². The highest BCUT2D eigenvalue weighted by molar-refractivity contribution is 7.10. The predicted octanol–water partition coefficient (Wildman–Crippen LogP) is 18.6. The number of aromatic nitrogens is 3. The van der Waals surface area contributed by atoms with E-state index in [0.29, 0.717) is 162 Å². The van der Waals surface area contributed by atoms with Gasteiger partial charge >= 0.3 is 36.6 Å². The third-order valence-corrected chi connectivity index (χ3v) is 27.5. The van der Waals surface area contributed by atoms with Gasteiger partial charge in [0.15, 0.2) is 17.3 Å². The summed E-state index contributed by atoms with van der Waals surface area (Å²) in [6.07, 6.45) is 11.8. The van der Waals surface area contributed by atoms with Gasteiger partial charge in [-0.25, -0.2) is 28.8 Å². The van der Waals surface area contributed by atoms with Crippen LogP contribution in [-0.4, -0.2) is 230 Å². The molecule has 0 aliphatic carbocycles. The van der Waals surface area contributed by atoms with Crippen LogP contribution in [0.2, 0.25) is 0 Å². The second kappa shape index (κ2) is 64.7. The molecule has 9 atom stereocenters. The number of benzene rings is 7. The third-order valence-electron chi connectivity index (χ3n) is 25.3. The van der Waals surface area contributed by atoms with Gasteiger partial charge in [-0.2, -0.15) is 0 Å². The highest BCUT2D eigenvalue weighted by Crippen LogP contribution is 2.29. The van der Waals surface area contributed by atoms with E-state index in [1.807, 2.05) is 197 Å². The monoisotopic (exact) mass is 2060 g/mol. The topological polar surface area (TPSA) is 357 Å². The van der Waals surface area contributed by atoms with Gasteiger partial charge in [0.1, 0.15) is 32.0 Å². The number of alkyl carbamates (subject to hydrolysis) is 6. The van der Waals surface area contributed by atoms with Gasteiger partial charge in [0.05, 0.1) is 95.0 Å². The van der Waals surface area contributed by atoms with Crippen LogP contribution >= 0.6 is 34.0 Å². The van der Waals surface area contributed by atoms with E-state index in [0.717, 1.165) is 92.8 Å². The van der Waals surface area contributed by atoms with Gasteiger partial charge in [0.25, 0.3) is 0 Å². The number of morpholine rings is 3. The third kappa shape index (κ3) is 46.7. The maximum Gasteiger partial charge on any atom is 0.408 e. The molecule has 30 nitrogen and oxygen atoms in total. The van der Waals surface area contributed by atoms with Crippen molar-refractivity contribution < 1.29 is 85.8 Å². The minimum absolute atomic E-state index is 0.00741. The number of ether oxygens (including phenoxy) is 9. The van der Waals surface area contributed by atoms with Crippen molar-refractivity contribution in [3.8, 4) is 0 Å². The summed E-state index contributed by atoms with van der Waals surface area (Å²) in [5.41, 5.74) is 12.0. The molecule has 0 bridgehead atoms. The number of carbonyl (C=O) groups is 9. The number of hydrogen-bond acceptors (Lipinski definition) is 27. The fourth-order valence-corrected chi connectivity index (χ4v) is 19.2. The van der Waals surface area contributed by atoms with Crippen molar-refractivity contribution in [2.24, 2.45) is 17.8 Å². The Morgan fingerprint density at radius 1 is 0.315 bits per heavy atom. The Morgan fingerprint density at radius 3 is 0.836 bits per heavy atom. The SMILES string of the molecule is CC(C)(C)OC(=O)N[C@@H](CCN1CCOCC1)C(=O)C[C@H](CC[C@H](Cc1ccccc1)NC(=O)OCc1cncs1)Cc1ccccc1.CC(C)OC(=O)N[C@@H](CCN1CCOCC1)C(=O)C[C@H](CC[C@H](Cc1ccccc1)NC(=O)OCc1cncs1)Cc1ccccc1.O=C(N[C@H](CC[C@@H](CC(=O)[C@H](CCN1CCOCC1)NC(=O)OCc1ccccc1)Cc1ccccc1)Cc1ccccc1)OCc1cncs1. The lowest BCUT2D eigenvalue weighted by Crippen LogP contribution is -2.46. The van der Waals surface area contributed by atoms with Crippen molar-refractivity contribution in [1.29, 1.82) is 0 Å². The molecule has 3 fully saturated rings. The van der Waals surface area contributed by atoms with E-state index < -0.39 is 60.3 Å². The first-order chi connectivity index (χ1) is 71.0. The first-order valence-electron chi connectivity index (χ1n) is 51.0. The van der Waals surface area contributed by atoms with Crippen molar-refractivity contribution in [2.45, 2.75) is 225 Å². The number of thiazole rings is 3. The Balaban J connectivity index is 0.000000209. The van der Waals surface area contributed by atoms with Crippen LogP contribution in [0.25, 0.3) is 0 Å². The standard InChI is InChI=1S/C40H48N4O6S.C37H50N4O6S.C36H48N4O6S/c45-38(37(18-19-44-20-22-48-23-21-44)43-40(47)49-28-33-14-8-3-9-15-33)26-34(24-31-10-4-1-5-11-31)16-17-35(25-32-12-6-2-7-13-32)42-39(46)50-29-36-27-41-30-51-36;1-37(2,3)47-36(44)40-33(16-17-41-18-20-45-21-19-41)34(42)24-30(22-28-10-6-4-7-11-28)14-15-31(23-29-12-8-5-9-13-29)39-35(43)46-26-32-25-38-27-48-32;1-27(2)46-36(43)39-33(15-16-40-17-19-44-20-18-40)34(41)23-30(21-28-9-5-3-6-10-28)13-14-31(22-29-11-7-4-8-12-29)38-35(42)45-25-32-24-37-26-47-32/h1-15,27,30,34-35,37H,16-26,28-29H2,(H,42,46)(H,43,47);4-13,25,27,30-31,33H,14-24,26H2,1-3H3,(H,39,43)(H,40,44);3-12,24,26-27,30-31,33H,13-23,25H2,1-2H3,(H,38,42)(H,39,43)/t34-,35-,37+;2*30-,31-,33+/m111/s1. The second-order valence-electron chi connectivity index (χ2n) is 38.5. The summed E-state index contributed by atoms with van der Waals surface area (Å²) in [6, 6.07) is 67.3. The van der Waals surface area contributed by atoms with Gasteiger partial charge in [0.2, 0.25) is 0 Å². The highest BCUT2D eigenvalue weighted by atomic mass is 32.1. The molecule has 3 aliphatic heterocycles. The molecule has 6 heterocycles. The zero-order valence-corrected chi connectivity index (χ0v) is 87.3. The van der Waals surface area contributed by atoms with Crippen molar-refractivity contribution in [1.82, 2.24) is 61.6 Å². The molecule has 0 radical (unpaired) electrons. The van der Waals surface area contributed by atoms with E-state index >= 15 is 0 Å². The molecule has 0 spiro atoms. The minimum Gasteiger partial charge on any atom is -0.447 e. The van der Waals surface area contributed by atoms with Crippen molar-refractivity contribution in [3.05, 3.63) is 301 Å². The van der Waals surface area contributed by atoms with Crippen LogP contribution < -0.4 is 31.9 Å². The molecule has 3 aromatic heterocycles. The Labute approximate surface area is 871 Å². The molecule has 146 heavy (non-hydrogen) atoms. The smallest absolute Gasteiger partial charge is 0.408 e. The summed E-state index contributed by atoms with van der Waals surface area (Å²) < 4.78 is 49.4. The Morgan fingerprint density at radius 2 is 0.568 bits per heavy atom. The largest absolute Gasteiger partial charge is 0.447 e. The van der Waals surface area contributed by atoms with Crippen LogP contribution in [-0.2, 0) is 122 Å². The number of carbonyl (C=O) groups excluding carboxylic acids is 9. The normalized spacial score (nSPS) is 15.3. The van der Waals surface area contributed by atoms with Gasteiger partial charge in [-0.3, -0.25) is 44.0 Å². The fraction of sp³-hybridized carbons (Fsp3) is 0.469. The van der Waals surface area contributed by atoms with Crippen LogP contribution in [0.3, 0.4) is 0 Å². The lowest BCUT2D eigenvalue weighted by molar-refractivity contribution is -0.123. The summed E-state index contributed by atoms with van der Waals surface area (Å²) in [6.45, 7) is 20.4. The molecule has 784 valence electrons. The quantitative estimate of drug-likeness (QED) is 0.0193. The molecule has 0 saturated carbocycles. The number of amides is 6. The maximum absolute atomic E-state index is 14.1. The van der Waals surface area contributed by atoms with E-state index in [4.69, 9.17) is 42.6 Å². The molecule has 33 heteroatoms. The molecule has 10 aromatic rings. The second-order valence-corrected chi connectivity index (χ2v) is 41.4. The predicted molar refractivity (Wildman–Crippen MR) is 566 cm³/mol. The van der Waals surface area contributed by atoms with Crippen LogP contribution in [0.1, 0.15) is 165 Å². The molecular formula is C113H146N12O18S3. The average Bonchev–Trinajstić information content (AvgIpc) is 1.20. The summed E-state index contributed by atoms with van der Waals surface area (Å²) in [5.74, 6) is -0.117. The zero-order valence-electron chi connectivity index (χ0n) is 84.9. The van der Waals surface area contributed by atoms with E-state index in [2.05, 4.69) is 98.0 Å². The summed E-state index contributed by atoms with van der Waals surface area (Å²) in [5, 5.41) is 17.9. The van der Waals surface area contributed by atoms with Crippen molar-refractivity contribution in [2.75, 3.05) is 98.5 Å². The molecule has 6 N–H and O–H groups in total. The van der Waals surface area contributed by atoms with Crippen LogP contribution in [0.4, 0.5) is 28.8 Å². The Bertz CT molecular complexity index is 5350. The first-order valence-corrected chi connectivity index (χ1v) is 53.7. The van der Waals surface area contributed by atoms with E-state index in [1.54, 1.807) is 49.0 Å². The summed E-state index contributed by atoms with van der Waals surface area (Å²) in [4.78, 5) is 141. The van der Waals surface area contributed by atoms with E-state index in [-0.39, 0.29) is 98.6 Å².